The Labute approximate surface area is 137 Å². The molecule has 126 valence electrons. The maximum atomic E-state index is 12.8. The van der Waals surface area contributed by atoms with E-state index in [-0.39, 0.29) is 6.04 Å². The van der Waals surface area contributed by atoms with Gasteiger partial charge in [-0.05, 0) is 43.1 Å². The lowest BCUT2D eigenvalue weighted by Gasteiger charge is -2.37. The number of amidine groups is 1. The summed E-state index contributed by atoms with van der Waals surface area (Å²) in [5.74, 6) is 0.698. The molecule has 0 spiro atoms. The Morgan fingerprint density at radius 3 is 2.57 bits per heavy atom. The maximum Gasteiger partial charge on any atom is 0.433 e. The summed E-state index contributed by atoms with van der Waals surface area (Å²) in [7, 11) is 0. The molecule has 1 aliphatic carbocycles. The van der Waals surface area contributed by atoms with Crippen molar-refractivity contribution in [1.29, 1.82) is 0 Å². The Kier molecular flexibility index (Phi) is 4.44. The fourth-order valence-corrected chi connectivity index (χ4v) is 3.81. The number of aromatic nitrogens is 1. The number of pyridine rings is 1. The van der Waals surface area contributed by atoms with Gasteiger partial charge in [0.2, 0.25) is 0 Å². The molecule has 3 rings (SSSR count). The molecule has 2 N–H and O–H groups in total. The third-order valence-electron chi connectivity index (χ3n) is 4.67. The van der Waals surface area contributed by atoms with Crippen molar-refractivity contribution >= 4 is 22.6 Å². The van der Waals surface area contributed by atoms with Crippen molar-refractivity contribution in [2.45, 2.75) is 25.1 Å². The number of aliphatic imine (C=N–C) groups is 1. The molecule has 2 fully saturated rings. The van der Waals surface area contributed by atoms with Crippen LogP contribution in [-0.2, 0) is 6.18 Å². The minimum Gasteiger partial charge on any atom is -0.379 e. The van der Waals surface area contributed by atoms with Crippen LogP contribution in [0.3, 0.4) is 0 Å². The van der Waals surface area contributed by atoms with Crippen molar-refractivity contribution in [1.82, 2.24) is 4.98 Å². The Bertz CT molecular complexity index is 591. The first-order chi connectivity index (χ1) is 10.9. The van der Waals surface area contributed by atoms with Gasteiger partial charge >= 0.3 is 6.18 Å². The summed E-state index contributed by atoms with van der Waals surface area (Å²) in [4.78, 5) is 10.1. The van der Waals surface area contributed by atoms with E-state index in [0.29, 0.717) is 35.8 Å². The van der Waals surface area contributed by atoms with Crippen LogP contribution in [0, 0.1) is 11.8 Å². The molecule has 0 aromatic carbocycles. The molecule has 2 bridgehead atoms. The highest BCUT2D eigenvalue weighted by Gasteiger charge is 2.42. The van der Waals surface area contributed by atoms with Gasteiger partial charge in [-0.1, -0.05) is 11.8 Å². The molecule has 23 heavy (non-hydrogen) atoms. The van der Waals surface area contributed by atoms with Crippen LogP contribution in [0.1, 0.15) is 18.5 Å². The molecular weight excluding hydrogens is 325 g/mol. The van der Waals surface area contributed by atoms with Gasteiger partial charge in [-0.15, -0.1) is 0 Å². The van der Waals surface area contributed by atoms with Crippen LogP contribution < -0.4 is 10.6 Å². The van der Waals surface area contributed by atoms with Gasteiger partial charge in [-0.25, -0.2) is 0 Å². The monoisotopic (exact) mass is 344 g/mol. The Hall–Kier alpha value is -1.44. The standard InChI is InChI=1S/C15H19F3N4S/c1-23-14(19)21-13-9-2-3-10(13)8-22(7-9)11-4-5-20-12(6-11)15(16,17)18/h4-6,9-10,13H,2-3,7-8H2,1H3,(H2,19,21)/t9-,10-/m1/s1. The second kappa shape index (κ2) is 6.22. The van der Waals surface area contributed by atoms with E-state index in [0.717, 1.165) is 18.9 Å². The third-order valence-corrected chi connectivity index (χ3v) is 5.19. The van der Waals surface area contributed by atoms with Gasteiger partial charge < -0.3 is 10.6 Å². The summed E-state index contributed by atoms with van der Waals surface area (Å²) in [5, 5.41) is 0.587. The number of hydrogen-bond acceptors (Lipinski definition) is 4. The second-order valence-corrected chi connectivity index (χ2v) is 6.89. The highest BCUT2D eigenvalue weighted by molar-refractivity contribution is 8.13. The molecule has 2 atom stereocenters. The lowest BCUT2D eigenvalue weighted by atomic mass is 9.92. The number of anilines is 1. The van der Waals surface area contributed by atoms with E-state index in [1.807, 2.05) is 11.2 Å². The predicted molar refractivity (Wildman–Crippen MR) is 86.6 cm³/mol. The Morgan fingerprint density at radius 1 is 1.35 bits per heavy atom. The zero-order valence-electron chi connectivity index (χ0n) is 12.8. The van der Waals surface area contributed by atoms with Gasteiger partial charge in [0.1, 0.15) is 5.69 Å². The molecule has 2 aliphatic rings. The summed E-state index contributed by atoms with van der Waals surface area (Å²) in [6.45, 7) is 1.43. The normalized spacial score (nSPS) is 28.3. The van der Waals surface area contributed by atoms with Crippen LogP contribution in [0.15, 0.2) is 23.3 Å². The first kappa shape index (κ1) is 16.4. The number of alkyl halides is 3. The fourth-order valence-electron chi connectivity index (χ4n) is 3.59. The van der Waals surface area contributed by atoms with E-state index in [4.69, 9.17) is 5.73 Å². The largest absolute Gasteiger partial charge is 0.433 e. The number of fused-ring (bicyclic) bond motifs is 2. The number of thioether (sulfide) groups is 1. The molecule has 0 unspecified atom stereocenters. The average Bonchev–Trinajstić information content (AvgIpc) is 2.75. The van der Waals surface area contributed by atoms with Crippen molar-refractivity contribution < 1.29 is 13.2 Å². The van der Waals surface area contributed by atoms with Crippen molar-refractivity contribution in [2.24, 2.45) is 22.6 Å². The molecule has 1 aromatic heterocycles. The van der Waals surface area contributed by atoms with Gasteiger partial charge in [0.05, 0.1) is 6.04 Å². The van der Waals surface area contributed by atoms with Crippen molar-refractivity contribution in [3.63, 3.8) is 0 Å². The van der Waals surface area contributed by atoms with E-state index >= 15 is 0 Å². The topological polar surface area (TPSA) is 54.5 Å². The molecule has 0 radical (unpaired) electrons. The first-order valence-electron chi connectivity index (χ1n) is 7.54. The SMILES string of the molecule is CS/C(N)=N\C1[C@@H]2CC[C@@H]1CN(c1ccnc(C(F)(F)F)c1)C2. The Balaban J connectivity index is 1.78. The number of nitrogens with two attached hydrogens (primary N) is 1. The van der Waals surface area contributed by atoms with Crippen LogP contribution in [0.2, 0.25) is 0 Å². The van der Waals surface area contributed by atoms with Crippen molar-refractivity contribution in [2.75, 3.05) is 24.2 Å². The van der Waals surface area contributed by atoms with E-state index in [1.165, 1.54) is 18.0 Å². The maximum absolute atomic E-state index is 12.8. The molecule has 0 amide bonds. The van der Waals surface area contributed by atoms with Crippen LogP contribution in [-0.4, -0.2) is 35.5 Å². The molecule has 2 heterocycles. The highest BCUT2D eigenvalue weighted by atomic mass is 32.2. The number of rotatable bonds is 2. The number of piperidine rings is 1. The molecular formula is C15H19F3N4S. The molecule has 1 aromatic rings. The smallest absolute Gasteiger partial charge is 0.379 e. The quantitative estimate of drug-likeness (QED) is 0.662. The predicted octanol–water partition coefficient (Wildman–Crippen LogP) is 2.99. The van der Waals surface area contributed by atoms with Gasteiger partial charge in [0.15, 0.2) is 5.17 Å². The summed E-state index contributed by atoms with van der Waals surface area (Å²) in [5.41, 5.74) is 5.58. The Morgan fingerprint density at radius 2 is 2.00 bits per heavy atom. The highest BCUT2D eigenvalue weighted by Crippen LogP contribution is 2.41. The van der Waals surface area contributed by atoms with Gasteiger partial charge in [0.25, 0.3) is 0 Å². The zero-order chi connectivity index (χ0) is 16.6. The lowest BCUT2D eigenvalue weighted by Crippen LogP contribution is -2.44. The minimum atomic E-state index is -4.41. The van der Waals surface area contributed by atoms with Crippen LogP contribution in [0.25, 0.3) is 0 Å². The molecule has 1 aliphatic heterocycles. The minimum absolute atomic E-state index is 0.197. The van der Waals surface area contributed by atoms with E-state index in [2.05, 4.69) is 9.98 Å². The van der Waals surface area contributed by atoms with E-state index in [9.17, 15) is 13.2 Å². The fraction of sp³-hybridized carbons (Fsp3) is 0.600. The van der Waals surface area contributed by atoms with E-state index in [1.54, 1.807) is 6.07 Å². The molecule has 1 saturated carbocycles. The van der Waals surface area contributed by atoms with Gasteiger partial charge in [0, 0.05) is 25.0 Å². The van der Waals surface area contributed by atoms with Crippen LogP contribution >= 0.6 is 11.8 Å². The number of halogens is 3. The second-order valence-electron chi connectivity index (χ2n) is 6.06. The van der Waals surface area contributed by atoms with Gasteiger partial charge in [-0.2, -0.15) is 13.2 Å². The van der Waals surface area contributed by atoms with Crippen molar-refractivity contribution in [3.8, 4) is 0 Å². The summed E-state index contributed by atoms with van der Waals surface area (Å²) < 4.78 is 38.5. The third kappa shape index (κ3) is 3.41. The summed E-state index contributed by atoms with van der Waals surface area (Å²) in [6.07, 6.45) is 0.814. The molecule has 4 nitrogen and oxygen atoms in total. The van der Waals surface area contributed by atoms with E-state index < -0.39 is 11.9 Å². The number of nitrogens with zero attached hydrogens (tertiary/aromatic N) is 3. The van der Waals surface area contributed by atoms with Gasteiger partial charge in [-0.3, -0.25) is 9.98 Å². The van der Waals surface area contributed by atoms with Crippen LogP contribution in [0.4, 0.5) is 18.9 Å². The molecule has 1 saturated heterocycles. The zero-order valence-corrected chi connectivity index (χ0v) is 13.6. The van der Waals surface area contributed by atoms with Crippen LogP contribution in [0.5, 0.6) is 0 Å². The van der Waals surface area contributed by atoms with Crippen molar-refractivity contribution in [3.05, 3.63) is 24.0 Å². The number of hydrogen-bond donors (Lipinski definition) is 1. The summed E-state index contributed by atoms with van der Waals surface area (Å²) in [6, 6.07) is 2.98. The first-order valence-corrected chi connectivity index (χ1v) is 8.76. The lowest BCUT2D eigenvalue weighted by molar-refractivity contribution is -0.141. The molecule has 8 heteroatoms. The summed E-state index contributed by atoms with van der Waals surface area (Å²) >= 11 is 1.43. The average molecular weight is 344 g/mol.